The number of aliphatic hydroxyl groups is 1. The highest BCUT2D eigenvalue weighted by Gasteiger charge is 2.26. The molecule has 1 atom stereocenters. The Morgan fingerprint density at radius 1 is 1.45 bits per heavy atom. The van der Waals surface area contributed by atoms with E-state index in [1.54, 1.807) is 19.1 Å². The highest BCUT2D eigenvalue weighted by atomic mass is 32.2. The van der Waals surface area contributed by atoms with Gasteiger partial charge in [-0.1, -0.05) is 0 Å². The molecule has 0 fully saturated rings. The average molecular weight is 332 g/mol. The highest BCUT2D eigenvalue weighted by Crippen LogP contribution is 2.32. The van der Waals surface area contributed by atoms with Crippen LogP contribution in [-0.2, 0) is 10.0 Å². The van der Waals surface area contributed by atoms with Gasteiger partial charge in [-0.3, -0.25) is 0 Å². The zero-order valence-corrected chi connectivity index (χ0v) is 13.8. The first-order valence-corrected chi connectivity index (χ1v) is 9.11. The van der Waals surface area contributed by atoms with Gasteiger partial charge >= 0.3 is 0 Å². The molecule has 0 spiro atoms. The number of aliphatic hydroxyl groups excluding tert-OH is 1. The van der Waals surface area contributed by atoms with Crippen molar-refractivity contribution in [2.45, 2.75) is 24.1 Å². The summed E-state index contributed by atoms with van der Waals surface area (Å²) in [5, 5.41) is 12.0. The van der Waals surface area contributed by atoms with Gasteiger partial charge in [0.1, 0.15) is 4.21 Å². The van der Waals surface area contributed by atoms with Crippen molar-refractivity contribution in [3.8, 4) is 10.6 Å². The number of nitrogens with zero attached hydrogens (tertiary/aromatic N) is 2. The number of hydrogen-bond donors (Lipinski definition) is 1. The van der Waals surface area contributed by atoms with Gasteiger partial charge in [-0.05, 0) is 26.0 Å². The number of rotatable bonds is 5. The summed E-state index contributed by atoms with van der Waals surface area (Å²) in [6.45, 7) is 3.37. The van der Waals surface area contributed by atoms with Crippen molar-refractivity contribution in [2.24, 2.45) is 0 Å². The zero-order chi connectivity index (χ0) is 14.9. The molecule has 0 aliphatic heterocycles. The van der Waals surface area contributed by atoms with E-state index in [1.807, 2.05) is 12.3 Å². The second kappa shape index (κ2) is 5.90. The topological polar surface area (TPSA) is 70.5 Å². The molecule has 2 aromatic rings. The Morgan fingerprint density at radius 3 is 2.70 bits per heavy atom. The fourth-order valence-corrected chi connectivity index (χ4v) is 5.06. The van der Waals surface area contributed by atoms with E-state index in [0.717, 1.165) is 15.6 Å². The standard InChI is InChI=1S/C12H16N2O3S3/c1-8(6-15)14(3)20(16,17)12-5-4-11(19-12)10-7-18-9(2)13-10/h4-5,7-8,15H,6H2,1-3H3. The quantitative estimate of drug-likeness (QED) is 0.911. The van der Waals surface area contributed by atoms with Gasteiger partial charge in [0.05, 0.1) is 22.2 Å². The molecule has 2 aromatic heterocycles. The molecule has 0 aliphatic rings. The van der Waals surface area contributed by atoms with Gasteiger partial charge < -0.3 is 5.11 Å². The summed E-state index contributed by atoms with van der Waals surface area (Å²) in [6.07, 6.45) is 0. The SMILES string of the molecule is Cc1nc(-c2ccc(S(=O)(=O)N(C)C(C)CO)s2)cs1. The summed E-state index contributed by atoms with van der Waals surface area (Å²) < 4.78 is 26.2. The summed E-state index contributed by atoms with van der Waals surface area (Å²) in [5.74, 6) is 0. The third kappa shape index (κ3) is 2.94. The molecule has 0 bridgehead atoms. The van der Waals surface area contributed by atoms with Gasteiger partial charge in [0.2, 0.25) is 0 Å². The van der Waals surface area contributed by atoms with Gasteiger partial charge in [-0.2, -0.15) is 4.31 Å². The van der Waals surface area contributed by atoms with Gasteiger partial charge in [-0.25, -0.2) is 13.4 Å². The van der Waals surface area contributed by atoms with Crippen LogP contribution in [0.4, 0.5) is 0 Å². The predicted molar refractivity (Wildman–Crippen MR) is 81.7 cm³/mol. The molecular formula is C12H16N2O3S3. The Balaban J connectivity index is 2.33. The van der Waals surface area contributed by atoms with Crippen LogP contribution in [0.3, 0.4) is 0 Å². The molecule has 0 saturated heterocycles. The summed E-state index contributed by atoms with van der Waals surface area (Å²) in [7, 11) is -2.09. The highest BCUT2D eigenvalue weighted by molar-refractivity contribution is 7.91. The van der Waals surface area contributed by atoms with Crippen LogP contribution in [0.25, 0.3) is 10.6 Å². The van der Waals surface area contributed by atoms with Crippen molar-refractivity contribution in [1.29, 1.82) is 0 Å². The van der Waals surface area contributed by atoms with Crippen molar-refractivity contribution < 1.29 is 13.5 Å². The molecule has 0 radical (unpaired) electrons. The molecule has 2 rings (SSSR count). The number of aromatic nitrogens is 1. The molecule has 1 N–H and O–H groups in total. The maximum absolute atomic E-state index is 12.4. The van der Waals surface area contributed by atoms with E-state index >= 15 is 0 Å². The molecule has 5 nitrogen and oxygen atoms in total. The number of aryl methyl sites for hydroxylation is 1. The van der Waals surface area contributed by atoms with Crippen LogP contribution < -0.4 is 0 Å². The Labute approximate surface area is 126 Å². The van der Waals surface area contributed by atoms with Gasteiger partial charge in [0.25, 0.3) is 10.0 Å². The van der Waals surface area contributed by atoms with E-state index in [1.165, 1.54) is 34.0 Å². The fraction of sp³-hybridized carbons (Fsp3) is 0.417. The lowest BCUT2D eigenvalue weighted by Crippen LogP contribution is -2.36. The second-order valence-electron chi connectivity index (χ2n) is 4.42. The van der Waals surface area contributed by atoms with Crippen molar-refractivity contribution in [3.05, 3.63) is 22.5 Å². The van der Waals surface area contributed by atoms with Gasteiger partial charge in [0.15, 0.2) is 0 Å². The monoisotopic (exact) mass is 332 g/mol. The number of thiazole rings is 1. The Kier molecular flexibility index (Phi) is 4.60. The van der Waals surface area contributed by atoms with E-state index in [2.05, 4.69) is 4.98 Å². The molecule has 1 unspecified atom stereocenters. The molecule has 20 heavy (non-hydrogen) atoms. The smallest absolute Gasteiger partial charge is 0.252 e. The summed E-state index contributed by atoms with van der Waals surface area (Å²) in [6, 6.07) is 2.90. The molecule has 0 aromatic carbocycles. The van der Waals surface area contributed by atoms with E-state index < -0.39 is 16.1 Å². The third-order valence-electron chi connectivity index (χ3n) is 2.97. The molecule has 0 aliphatic carbocycles. The number of sulfonamides is 1. The number of likely N-dealkylation sites (N-methyl/N-ethyl adjacent to an activating group) is 1. The second-order valence-corrected chi connectivity index (χ2v) is 8.79. The minimum absolute atomic E-state index is 0.209. The maximum atomic E-state index is 12.4. The van der Waals surface area contributed by atoms with E-state index in [4.69, 9.17) is 5.11 Å². The van der Waals surface area contributed by atoms with Crippen molar-refractivity contribution in [2.75, 3.05) is 13.7 Å². The lowest BCUT2D eigenvalue weighted by Gasteiger charge is -2.21. The van der Waals surface area contributed by atoms with Crippen LogP contribution >= 0.6 is 22.7 Å². The summed E-state index contributed by atoms with van der Waals surface area (Å²) in [4.78, 5) is 5.18. The third-order valence-corrected chi connectivity index (χ3v) is 7.29. The lowest BCUT2D eigenvalue weighted by molar-refractivity contribution is 0.214. The van der Waals surface area contributed by atoms with Crippen LogP contribution in [0.5, 0.6) is 0 Å². The Morgan fingerprint density at radius 2 is 2.15 bits per heavy atom. The van der Waals surface area contributed by atoms with Crippen molar-refractivity contribution >= 4 is 32.7 Å². The molecule has 110 valence electrons. The first kappa shape index (κ1) is 15.6. The summed E-state index contributed by atoms with van der Waals surface area (Å²) >= 11 is 2.73. The average Bonchev–Trinajstić information content (AvgIpc) is 3.05. The maximum Gasteiger partial charge on any atom is 0.252 e. The van der Waals surface area contributed by atoms with Crippen LogP contribution in [0.1, 0.15) is 11.9 Å². The van der Waals surface area contributed by atoms with Gasteiger partial charge in [0, 0.05) is 18.5 Å². The van der Waals surface area contributed by atoms with Crippen molar-refractivity contribution in [3.63, 3.8) is 0 Å². The zero-order valence-electron chi connectivity index (χ0n) is 11.4. The minimum atomic E-state index is -3.56. The lowest BCUT2D eigenvalue weighted by atomic mass is 10.4. The fourth-order valence-electron chi connectivity index (χ4n) is 1.57. The largest absolute Gasteiger partial charge is 0.395 e. The molecule has 0 saturated carbocycles. The molecule has 2 heterocycles. The van der Waals surface area contributed by atoms with Gasteiger partial charge in [-0.15, -0.1) is 22.7 Å². The normalized spacial score (nSPS) is 13.8. The van der Waals surface area contributed by atoms with E-state index in [0.29, 0.717) is 0 Å². The summed E-state index contributed by atoms with van der Waals surface area (Å²) in [5.41, 5.74) is 0.803. The minimum Gasteiger partial charge on any atom is -0.395 e. The van der Waals surface area contributed by atoms with E-state index in [-0.39, 0.29) is 10.8 Å². The van der Waals surface area contributed by atoms with Crippen LogP contribution in [-0.4, -0.2) is 42.5 Å². The first-order valence-electron chi connectivity index (χ1n) is 5.97. The molecular weight excluding hydrogens is 316 g/mol. The first-order chi connectivity index (χ1) is 9.36. The van der Waals surface area contributed by atoms with E-state index in [9.17, 15) is 8.42 Å². The van der Waals surface area contributed by atoms with Crippen LogP contribution in [0, 0.1) is 6.92 Å². The Bertz CT molecular complexity index is 690. The van der Waals surface area contributed by atoms with Crippen LogP contribution in [0.2, 0.25) is 0 Å². The Hall–Kier alpha value is -0.800. The van der Waals surface area contributed by atoms with Crippen LogP contribution in [0.15, 0.2) is 21.7 Å². The number of hydrogen-bond acceptors (Lipinski definition) is 6. The molecule has 8 heteroatoms. The van der Waals surface area contributed by atoms with Crippen molar-refractivity contribution in [1.82, 2.24) is 9.29 Å². The number of thiophene rings is 1. The molecule has 0 amide bonds. The predicted octanol–water partition coefficient (Wildman–Crippen LogP) is 2.18.